The van der Waals surface area contributed by atoms with Crippen LogP contribution in [0.4, 0.5) is 0 Å². The smallest absolute Gasteiger partial charge is 0.123 e. The Balaban J connectivity index is 3.30. The molecule has 0 bridgehead atoms. The van der Waals surface area contributed by atoms with Crippen molar-refractivity contribution in [3.8, 4) is 5.75 Å². The Morgan fingerprint density at radius 1 is 0.950 bits per heavy atom. The van der Waals surface area contributed by atoms with E-state index in [-0.39, 0.29) is 10.8 Å². The molecule has 114 valence electrons. The van der Waals surface area contributed by atoms with E-state index >= 15 is 0 Å². The quantitative estimate of drug-likeness (QED) is 0.807. The Morgan fingerprint density at radius 3 is 2.00 bits per heavy atom. The second kappa shape index (κ2) is 6.17. The highest BCUT2D eigenvalue weighted by Crippen LogP contribution is 2.41. The van der Waals surface area contributed by atoms with Gasteiger partial charge in [-0.05, 0) is 47.8 Å². The summed E-state index contributed by atoms with van der Waals surface area (Å²) < 4.78 is 0. The van der Waals surface area contributed by atoms with Crippen molar-refractivity contribution in [2.24, 2.45) is 5.73 Å². The molecule has 0 aliphatic heterocycles. The van der Waals surface area contributed by atoms with Crippen LogP contribution in [-0.2, 0) is 17.3 Å². The van der Waals surface area contributed by atoms with Crippen molar-refractivity contribution in [2.75, 3.05) is 6.54 Å². The third-order valence-corrected chi connectivity index (χ3v) is 3.72. The molecular weight excluding hydrogens is 246 g/mol. The van der Waals surface area contributed by atoms with E-state index in [1.807, 2.05) is 0 Å². The lowest BCUT2D eigenvalue weighted by Crippen LogP contribution is -2.19. The van der Waals surface area contributed by atoms with Gasteiger partial charge >= 0.3 is 0 Å². The van der Waals surface area contributed by atoms with Gasteiger partial charge in [-0.25, -0.2) is 0 Å². The van der Waals surface area contributed by atoms with E-state index in [2.05, 4.69) is 53.7 Å². The normalized spacial score (nSPS) is 12.8. The van der Waals surface area contributed by atoms with Crippen LogP contribution in [0.1, 0.15) is 71.1 Å². The van der Waals surface area contributed by atoms with Gasteiger partial charge in [0.25, 0.3) is 0 Å². The summed E-state index contributed by atoms with van der Waals surface area (Å²) in [6.07, 6.45) is 3.10. The number of hydrogen-bond acceptors (Lipinski definition) is 2. The predicted octanol–water partition coefficient (Wildman–Crippen LogP) is 4.27. The molecule has 0 amide bonds. The third-order valence-electron chi connectivity index (χ3n) is 3.72. The summed E-state index contributed by atoms with van der Waals surface area (Å²) in [5, 5.41) is 10.8. The van der Waals surface area contributed by atoms with E-state index in [1.54, 1.807) is 0 Å². The minimum Gasteiger partial charge on any atom is -0.507 e. The van der Waals surface area contributed by atoms with Crippen molar-refractivity contribution in [3.05, 3.63) is 28.8 Å². The number of phenols is 1. The number of rotatable bonds is 4. The molecule has 0 heterocycles. The Bertz CT molecular complexity index is 450. The molecule has 0 spiro atoms. The molecule has 0 atom stereocenters. The number of nitrogens with two attached hydrogens (primary N) is 1. The highest BCUT2D eigenvalue weighted by atomic mass is 16.3. The monoisotopic (exact) mass is 277 g/mol. The Kier molecular flexibility index (Phi) is 5.26. The molecule has 0 radical (unpaired) electrons. The lowest BCUT2D eigenvalue weighted by molar-refractivity contribution is 0.421. The van der Waals surface area contributed by atoms with Crippen molar-refractivity contribution in [2.45, 2.75) is 71.6 Å². The van der Waals surface area contributed by atoms with Gasteiger partial charge in [0.15, 0.2) is 0 Å². The third kappa shape index (κ3) is 3.99. The largest absolute Gasteiger partial charge is 0.507 e. The lowest BCUT2D eigenvalue weighted by atomic mass is 9.76. The zero-order valence-electron chi connectivity index (χ0n) is 14.0. The van der Waals surface area contributed by atoms with E-state index in [0.29, 0.717) is 5.75 Å². The van der Waals surface area contributed by atoms with Crippen LogP contribution in [0.5, 0.6) is 5.75 Å². The van der Waals surface area contributed by atoms with Gasteiger partial charge in [-0.3, -0.25) is 0 Å². The molecule has 0 aromatic heterocycles. The van der Waals surface area contributed by atoms with Crippen LogP contribution in [0.2, 0.25) is 0 Å². The van der Waals surface area contributed by atoms with Gasteiger partial charge in [-0.15, -0.1) is 0 Å². The molecule has 0 aliphatic carbocycles. The first-order valence-corrected chi connectivity index (χ1v) is 7.65. The Hall–Kier alpha value is -1.02. The van der Waals surface area contributed by atoms with Crippen LogP contribution >= 0.6 is 0 Å². The first-order chi connectivity index (χ1) is 9.09. The average Bonchev–Trinajstić information content (AvgIpc) is 2.25. The maximum Gasteiger partial charge on any atom is 0.123 e. The standard InChI is InChI=1S/C18H31NO/c1-17(2,3)14-11-10-13(9-7-8-12-19)15(16(14)20)18(4,5)6/h10-11,20H,7-9,12,19H2,1-6H3. The topological polar surface area (TPSA) is 46.2 Å². The minimum absolute atomic E-state index is 0.0418. The van der Waals surface area contributed by atoms with Crippen molar-refractivity contribution in [1.29, 1.82) is 0 Å². The Morgan fingerprint density at radius 2 is 1.55 bits per heavy atom. The number of aryl methyl sites for hydroxylation is 1. The number of unbranched alkanes of at least 4 members (excludes halogenated alkanes) is 1. The fourth-order valence-corrected chi connectivity index (χ4v) is 2.74. The van der Waals surface area contributed by atoms with Crippen molar-refractivity contribution in [1.82, 2.24) is 0 Å². The van der Waals surface area contributed by atoms with Gasteiger partial charge in [0.1, 0.15) is 5.75 Å². The summed E-state index contributed by atoms with van der Waals surface area (Å²) in [5.41, 5.74) is 8.88. The van der Waals surface area contributed by atoms with E-state index < -0.39 is 0 Å². The van der Waals surface area contributed by atoms with Gasteiger partial charge < -0.3 is 10.8 Å². The highest BCUT2D eigenvalue weighted by Gasteiger charge is 2.27. The number of phenolic OH excluding ortho intramolecular Hbond substituents is 1. The molecule has 1 rings (SSSR count). The summed E-state index contributed by atoms with van der Waals surface area (Å²) >= 11 is 0. The molecule has 0 fully saturated rings. The van der Waals surface area contributed by atoms with Crippen LogP contribution in [0.3, 0.4) is 0 Å². The van der Waals surface area contributed by atoms with E-state index in [0.717, 1.165) is 36.9 Å². The SMILES string of the molecule is CC(C)(C)c1ccc(CCCCN)c(C(C)(C)C)c1O. The number of hydrogen-bond donors (Lipinski definition) is 2. The van der Waals surface area contributed by atoms with Crippen LogP contribution in [0, 0.1) is 0 Å². The van der Waals surface area contributed by atoms with Crippen molar-refractivity contribution >= 4 is 0 Å². The maximum atomic E-state index is 10.8. The van der Waals surface area contributed by atoms with Crippen molar-refractivity contribution in [3.63, 3.8) is 0 Å². The Labute approximate surface area is 124 Å². The second-order valence-electron chi connectivity index (χ2n) is 7.74. The summed E-state index contributed by atoms with van der Waals surface area (Å²) in [5.74, 6) is 0.482. The van der Waals surface area contributed by atoms with E-state index in [9.17, 15) is 5.11 Å². The summed E-state index contributed by atoms with van der Waals surface area (Å²) in [6.45, 7) is 13.7. The van der Waals surface area contributed by atoms with Crippen LogP contribution in [0.15, 0.2) is 12.1 Å². The molecule has 20 heavy (non-hydrogen) atoms. The zero-order valence-corrected chi connectivity index (χ0v) is 14.0. The second-order valence-corrected chi connectivity index (χ2v) is 7.74. The fourth-order valence-electron chi connectivity index (χ4n) is 2.74. The van der Waals surface area contributed by atoms with Gasteiger partial charge in [0, 0.05) is 5.56 Å². The predicted molar refractivity (Wildman–Crippen MR) is 87.5 cm³/mol. The average molecular weight is 277 g/mol. The molecule has 0 unspecified atom stereocenters. The minimum atomic E-state index is -0.0522. The molecule has 1 aromatic carbocycles. The molecular formula is C18H31NO. The number of benzene rings is 1. The van der Waals surface area contributed by atoms with Crippen LogP contribution < -0.4 is 5.73 Å². The molecule has 0 aliphatic rings. The molecule has 0 saturated carbocycles. The number of aromatic hydroxyl groups is 1. The molecule has 3 N–H and O–H groups in total. The lowest BCUT2D eigenvalue weighted by Gasteiger charge is -2.29. The fraction of sp³-hybridized carbons (Fsp3) is 0.667. The van der Waals surface area contributed by atoms with E-state index in [1.165, 1.54) is 5.56 Å². The molecule has 0 saturated heterocycles. The molecule has 1 aromatic rings. The van der Waals surface area contributed by atoms with Crippen molar-refractivity contribution < 1.29 is 5.11 Å². The van der Waals surface area contributed by atoms with Gasteiger partial charge in [-0.2, -0.15) is 0 Å². The maximum absolute atomic E-state index is 10.8. The zero-order chi connectivity index (χ0) is 15.6. The first-order valence-electron chi connectivity index (χ1n) is 7.65. The highest BCUT2D eigenvalue weighted by molar-refractivity contribution is 5.51. The van der Waals surface area contributed by atoms with Gasteiger partial charge in [0.2, 0.25) is 0 Å². The van der Waals surface area contributed by atoms with Gasteiger partial charge in [-0.1, -0.05) is 53.7 Å². The first kappa shape index (κ1) is 17.0. The molecule has 2 nitrogen and oxygen atoms in total. The van der Waals surface area contributed by atoms with Crippen LogP contribution in [-0.4, -0.2) is 11.7 Å². The van der Waals surface area contributed by atoms with E-state index in [4.69, 9.17) is 5.73 Å². The van der Waals surface area contributed by atoms with Gasteiger partial charge in [0.05, 0.1) is 0 Å². The molecule has 2 heteroatoms. The summed E-state index contributed by atoms with van der Waals surface area (Å²) in [7, 11) is 0. The summed E-state index contributed by atoms with van der Waals surface area (Å²) in [6, 6.07) is 4.28. The summed E-state index contributed by atoms with van der Waals surface area (Å²) in [4.78, 5) is 0. The van der Waals surface area contributed by atoms with Crippen LogP contribution in [0.25, 0.3) is 0 Å².